The predicted octanol–water partition coefficient (Wildman–Crippen LogP) is 1.40. The first-order valence-electron chi connectivity index (χ1n) is 8.43. The number of nitrogens with zero attached hydrogens (tertiary/aromatic N) is 3. The van der Waals surface area contributed by atoms with Crippen molar-refractivity contribution in [1.29, 1.82) is 0 Å². The number of hydrogen-bond donors (Lipinski definition) is 0. The summed E-state index contributed by atoms with van der Waals surface area (Å²) in [5, 5.41) is 2.58. The van der Waals surface area contributed by atoms with Crippen LogP contribution in [-0.4, -0.2) is 9.13 Å². The topological polar surface area (TPSA) is 13.7 Å². The average Bonchev–Trinajstić information content (AvgIpc) is 3.23. The minimum atomic E-state index is 0. The van der Waals surface area contributed by atoms with Crippen molar-refractivity contribution in [1.82, 2.24) is 9.13 Å². The van der Waals surface area contributed by atoms with Crippen molar-refractivity contribution >= 4 is 21.8 Å². The molecule has 0 atom stereocenters. The van der Waals surface area contributed by atoms with Gasteiger partial charge in [0.15, 0.2) is 0 Å². The summed E-state index contributed by atoms with van der Waals surface area (Å²) in [5.41, 5.74) is 4.80. The summed E-state index contributed by atoms with van der Waals surface area (Å²) in [7, 11) is 2.04. The lowest BCUT2D eigenvalue weighted by atomic mass is 10.2. The number of fused-ring (bicyclic) bond motifs is 3. The molecule has 0 unspecified atom stereocenters. The van der Waals surface area contributed by atoms with Gasteiger partial charge < -0.3 is 28.5 Å². The van der Waals surface area contributed by atoms with Gasteiger partial charge in [0.05, 0.1) is 23.8 Å². The van der Waals surface area contributed by atoms with Crippen LogP contribution in [0.4, 0.5) is 0 Å². The van der Waals surface area contributed by atoms with Crippen LogP contribution in [0, 0.1) is 0 Å². The molecule has 0 radical (unpaired) electrons. The number of aromatic nitrogens is 3. The smallest absolute Gasteiger partial charge is 0.248 e. The van der Waals surface area contributed by atoms with Crippen LogP contribution < -0.4 is 28.5 Å². The molecule has 0 fully saturated rings. The number of rotatable bonds is 2. The zero-order valence-electron chi connectivity index (χ0n) is 14.4. The number of hydrogen-bond acceptors (Lipinski definition) is 0. The van der Waals surface area contributed by atoms with Crippen molar-refractivity contribution in [3.8, 4) is 11.4 Å². The van der Waals surface area contributed by atoms with E-state index < -0.39 is 0 Å². The molecule has 3 nitrogen and oxygen atoms in total. The Morgan fingerprint density at radius 1 is 0.731 bits per heavy atom. The molecule has 0 amide bonds. The van der Waals surface area contributed by atoms with Crippen LogP contribution in [0.25, 0.3) is 33.2 Å². The Kier molecular flexibility index (Phi) is 4.28. The van der Waals surface area contributed by atoms with Gasteiger partial charge in [0.2, 0.25) is 6.33 Å². The molecule has 0 aliphatic heterocycles. The number of aryl methyl sites for hydroxylation is 1. The fourth-order valence-corrected chi connectivity index (χ4v) is 3.60. The van der Waals surface area contributed by atoms with Crippen molar-refractivity contribution in [2.45, 2.75) is 0 Å². The van der Waals surface area contributed by atoms with Crippen molar-refractivity contribution in [2.75, 3.05) is 0 Å². The van der Waals surface area contributed by atoms with Gasteiger partial charge in [-0.05, 0) is 24.3 Å². The van der Waals surface area contributed by atoms with E-state index in [0.717, 1.165) is 5.69 Å². The lowest BCUT2D eigenvalue weighted by Gasteiger charge is -2.08. The summed E-state index contributed by atoms with van der Waals surface area (Å²) >= 11 is 0. The second kappa shape index (κ2) is 6.61. The fourth-order valence-electron chi connectivity index (χ4n) is 3.60. The lowest BCUT2D eigenvalue weighted by Crippen LogP contribution is -3.00. The highest BCUT2D eigenvalue weighted by molar-refractivity contribution is 6.09. The Balaban J connectivity index is 0.00000168. The van der Waals surface area contributed by atoms with Gasteiger partial charge in [0, 0.05) is 16.8 Å². The molecule has 0 N–H and O–H groups in total. The van der Waals surface area contributed by atoms with E-state index in [9.17, 15) is 0 Å². The van der Waals surface area contributed by atoms with Crippen molar-refractivity contribution in [2.24, 2.45) is 7.05 Å². The summed E-state index contributed by atoms with van der Waals surface area (Å²) in [6.07, 6.45) is 6.20. The van der Waals surface area contributed by atoms with E-state index in [4.69, 9.17) is 0 Å². The quantitative estimate of drug-likeness (QED) is 0.285. The Bertz CT molecular complexity index is 1160. The van der Waals surface area contributed by atoms with Crippen LogP contribution in [0.1, 0.15) is 0 Å². The first-order chi connectivity index (χ1) is 12.3. The minimum Gasteiger partial charge on any atom is -1.00 e. The Labute approximate surface area is 169 Å². The maximum absolute atomic E-state index is 2.34. The standard InChI is InChI=1S/C22H18N3.HI/c1-23-13-14-24(16-23)17-7-6-8-18(15-17)25-21-11-4-2-9-19(21)20-10-3-5-12-22(20)25;/h2-16H,1H3;1H/q+1;/p-1. The second-order valence-electron chi connectivity index (χ2n) is 6.38. The number of benzene rings is 3. The Morgan fingerprint density at radius 3 is 1.96 bits per heavy atom. The SMILES string of the molecule is C[n+]1ccn(-c2cccc(-n3c4ccccc4c4ccccc43)c2)c1.[I-]. The van der Waals surface area contributed by atoms with Crippen molar-refractivity contribution in [3.63, 3.8) is 0 Å². The molecule has 3 aromatic carbocycles. The van der Waals surface area contributed by atoms with E-state index in [0.29, 0.717) is 0 Å². The highest BCUT2D eigenvalue weighted by Crippen LogP contribution is 2.32. The maximum atomic E-state index is 2.34. The van der Waals surface area contributed by atoms with Gasteiger partial charge in [0.25, 0.3) is 0 Å². The molecule has 0 saturated carbocycles. The van der Waals surface area contributed by atoms with E-state index in [-0.39, 0.29) is 24.0 Å². The first-order valence-corrected chi connectivity index (χ1v) is 8.43. The molecule has 2 heterocycles. The zero-order chi connectivity index (χ0) is 16.8. The van der Waals surface area contributed by atoms with E-state index in [2.05, 4.69) is 94.5 Å². The summed E-state index contributed by atoms with van der Waals surface area (Å²) in [5.74, 6) is 0. The van der Waals surface area contributed by atoms with E-state index in [1.807, 2.05) is 17.8 Å². The molecule has 4 heteroatoms. The zero-order valence-corrected chi connectivity index (χ0v) is 16.5. The highest BCUT2D eigenvalue weighted by atomic mass is 127. The van der Waals surface area contributed by atoms with Crippen LogP contribution in [0.3, 0.4) is 0 Å². The molecule has 0 aliphatic rings. The van der Waals surface area contributed by atoms with Gasteiger partial charge in [-0.1, -0.05) is 42.5 Å². The molecule has 0 saturated heterocycles. The Morgan fingerprint density at radius 2 is 1.35 bits per heavy atom. The average molecular weight is 451 g/mol. The van der Waals surface area contributed by atoms with Crippen LogP contribution in [0.15, 0.2) is 91.5 Å². The molecular formula is C22H18IN3. The summed E-state index contributed by atoms with van der Waals surface area (Å²) in [6.45, 7) is 0. The molecule has 0 aliphatic carbocycles. The first kappa shape index (κ1) is 16.8. The summed E-state index contributed by atoms with van der Waals surface area (Å²) in [6, 6.07) is 25.9. The van der Waals surface area contributed by atoms with Gasteiger partial charge in [-0.25, -0.2) is 9.13 Å². The minimum absolute atomic E-state index is 0. The van der Waals surface area contributed by atoms with Crippen molar-refractivity contribution < 1.29 is 28.5 Å². The van der Waals surface area contributed by atoms with Gasteiger partial charge >= 0.3 is 0 Å². The monoisotopic (exact) mass is 451 g/mol. The molecular weight excluding hydrogens is 433 g/mol. The molecule has 0 bridgehead atoms. The second-order valence-corrected chi connectivity index (χ2v) is 6.38. The summed E-state index contributed by atoms with van der Waals surface area (Å²) in [4.78, 5) is 0. The van der Waals surface area contributed by atoms with Crippen LogP contribution in [0.5, 0.6) is 0 Å². The predicted molar refractivity (Wildman–Crippen MR) is 101 cm³/mol. The third-order valence-corrected chi connectivity index (χ3v) is 4.74. The van der Waals surface area contributed by atoms with E-state index >= 15 is 0 Å². The largest absolute Gasteiger partial charge is 1.00 e. The van der Waals surface area contributed by atoms with Gasteiger partial charge in [-0.15, -0.1) is 0 Å². The van der Waals surface area contributed by atoms with E-state index in [1.165, 1.54) is 27.5 Å². The highest BCUT2D eigenvalue weighted by Gasteiger charge is 2.12. The Hall–Kier alpha value is -2.60. The maximum Gasteiger partial charge on any atom is 0.248 e. The number of para-hydroxylation sites is 2. The van der Waals surface area contributed by atoms with Crippen LogP contribution in [-0.2, 0) is 7.05 Å². The molecule has 0 spiro atoms. The molecule has 2 aromatic heterocycles. The number of halogens is 1. The normalized spacial score (nSPS) is 11.0. The van der Waals surface area contributed by atoms with Crippen molar-refractivity contribution in [3.05, 3.63) is 91.5 Å². The third kappa shape index (κ3) is 2.61. The van der Waals surface area contributed by atoms with Gasteiger partial charge in [-0.2, -0.15) is 0 Å². The van der Waals surface area contributed by atoms with E-state index in [1.54, 1.807) is 0 Å². The fraction of sp³-hybridized carbons (Fsp3) is 0.0455. The molecule has 5 aromatic rings. The lowest BCUT2D eigenvalue weighted by molar-refractivity contribution is -0.670. The summed E-state index contributed by atoms with van der Waals surface area (Å²) < 4.78 is 6.53. The van der Waals surface area contributed by atoms with Gasteiger partial charge in [-0.3, -0.25) is 0 Å². The van der Waals surface area contributed by atoms with Crippen LogP contribution >= 0.6 is 0 Å². The third-order valence-electron chi connectivity index (χ3n) is 4.74. The number of imidazole rings is 1. The van der Waals surface area contributed by atoms with Gasteiger partial charge in [0.1, 0.15) is 18.1 Å². The molecule has 26 heavy (non-hydrogen) atoms. The molecule has 128 valence electrons. The van der Waals surface area contributed by atoms with Crippen LogP contribution in [0.2, 0.25) is 0 Å². The molecule has 5 rings (SSSR count).